The quantitative estimate of drug-likeness (QED) is 0.543. The molecule has 3 aromatic rings. The Morgan fingerprint density at radius 2 is 1.55 bits per heavy atom. The number of amides is 3. The number of carbonyl (C=O) groups excluding carboxylic acids is 2. The molecule has 0 radical (unpaired) electrons. The Labute approximate surface area is 169 Å². The van der Waals surface area contributed by atoms with Crippen molar-refractivity contribution in [3.8, 4) is 11.3 Å². The van der Waals surface area contributed by atoms with Gasteiger partial charge in [-0.25, -0.2) is 4.79 Å². The highest BCUT2D eigenvalue weighted by Gasteiger charge is 2.23. The molecule has 3 N–H and O–H groups in total. The lowest BCUT2D eigenvalue weighted by molar-refractivity contribution is -0.116. The largest absolute Gasteiger partial charge is 0.461 e. The van der Waals surface area contributed by atoms with Gasteiger partial charge in [-0.2, -0.15) is 0 Å². The number of furan rings is 1. The summed E-state index contributed by atoms with van der Waals surface area (Å²) >= 11 is 0. The summed E-state index contributed by atoms with van der Waals surface area (Å²) in [4.78, 5) is 24.0. The Morgan fingerprint density at radius 1 is 0.862 bits per heavy atom. The van der Waals surface area contributed by atoms with E-state index in [1.807, 2.05) is 42.5 Å². The molecule has 148 valence electrons. The maximum absolute atomic E-state index is 12.2. The third kappa shape index (κ3) is 5.48. The number of hydrogen-bond donors (Lipinski definition) is 3. The van der Waals surface area contributed by atoms with E-state index in [9.17, 15) is 9.59 Å². The Kier molecular flexibility index (Phi) is 5.61. The number of rotatable bonds is 7. The topological polar surface area (TPSA) is 83.4 Å². The third-order valence-electron chi connectivity index (χ3n) is 4.66. The van der Waals surface area contributed by atoms with E-state index in [2.05, 4.69) is 16.0 Å². The van der Waals surface area contributed by atoms with Gasteiger partial charge in [-0.15, -0.1) is 0 Å². The van der Waals surface area contributed by atoms with Gasteiger partial charge in [0.1, 0.15) is 11.5 Å². The van der Waals surface area contributed by atoms with Crippen molar-refractivity contribution in [2.24, 2.45) is 0 Å². The van der Waals surface area contributed by atoms with E-state index >= 15 is 0 Å². The second kappa shape index (κ2) is 8.65. The summed E-state index contributed by atoms with van der Waals surface area (Å²) in [5, 5.41) is 8.51. The lowest BCUT2D eigenvalue weighted by atomic mass is 10.2. The fourth-order valence-corrected chi connectivity index (χ4v) is 2.95. The van der Waals surface area contributed by atoms with Crippen LogP contribution in [0, 0.1) is 0 Å². The molecule has 6 nitrogen and oxygen atoms in total. The van der Waals surface area contributed by atoms with Crippen LogP contribution in [0.1, 0.15) is 25.0 Å². The fourth-order valence-electron chi connectivity index (χ4n) is 2.95. The molecule has 1 fully saturated rings. The summed E-state index contributed by atoms with van der Waals surface area (Å²) in [7, 11) is 0. The second-order valence-corrected chi connectivity index (χ2v) is 7.13. The number of urea groups is 1. The molecule has 29 heavy (non-hydrogen) atoms. The zero-order valence-electron chi connectivity index (χ0n) is 16.0. The molecule has 2 aromatic carbocycles. The standard InChI is InChI=1S/C23H23N3O3/c27-22(15-13-20-12-14-21(29-20)16-4-2-1-3-5-16)24-17-6-8-18(9-7-17)25-23(28)26-19-10-11-19/h1-9,12,14,19H,10-11,13,15H2,(H,24,27)(H2,25,26,28). The molecule has 0 spiro atoms. The number of hydrogen-bond acceptors (Lipinski definition) is 3. The average molecular weight is 389 g/mol. The van der Waals surface area contributed by atoms with E-state index in [0.717, 1.165) is 29.9 Å². The number of benzene rings is 2. The minimum Gasteiger partial charge on any atom is -0.461 e. The Balaban J connectivity index is 1.24. The Hall–Kier alpha value is -3.54. The van der Waals surface area contributed by atoms with Gasteiger partial charge in [-0.1, -0.05) is 30.3 Å². The molecule has 1 aliphatic rings. The zero-order valence-corrected chi connectivity index (χ0v) is 16.0. The van der Waals surface area contributed by atoms with Crippen molar-refractivity contribution in [2.45, 2.75) is 31.7 Å². The van der Waals surface area contributed by atoms with Crippen molar-refractivity contribution in [1.82, 2.24) is 5.32 Å². The van der Waals surface area contributed by atoms with Crippen molar-refractivity contribution < 1.29 is 14.0 Å². The van der Waals surface area contributed by atoms with Crippen LogP contribution >= 0.6 is 0 Å². The summed E-state index contributed by atoms with van der Waals surface area (Å²) in [6.07, 6.45) is 2.94. The van der Waals surface area contributed by atoms with Crippen LogP contribution in [0.3, 0.4) is 0 Å². The van der Waals surface area contributed by atoms with Gasteiger partial charge in [0.2, 0.25) is 5.91 Å². The van der Waals surface area contributed by atoms with E-state index in [0.29, 0.717) is 30.3 Å². The minimum absolute atomic E-state index is 0.0881. The average Bonchev–Trinajstić information content (AvgIpc) is 3.41. The predicted molar refractivity (Wildman–Crippen MR) is 113 cm³/mol. The van der Waals surface area contributed by atoms with Crippen molar-refractivity contribution in [3.05, 3.63) is 72.5 Å². The van der Waals surface area contributed by atoms with Gasteiger partial charge in [0, 0.05) is 35.8 Å². The third-order valence-corrected chi connectivity index (χ3v) is 4.66. The Bertz CT molecular complexity index is 976. The molecule has 1 saturated carbocycles. The first-order chi connectivity index (χ1) is 14.2. The molecule has 0 atom stereocenters. The summed E-state index contributed by atoms with van der Waals surface area (Å²) < 4.78 is 5.83. The predicted octanol–water partition coefficient (Wildman–Crippen LogP) is 4.80. The minimum atomic E-state index is -0.197. The molecule has 1 heterocycles. The van der Waals surface area contributed by atoms with Gasteiger partial charge < -0.3 is 20.4 Å². The summed E-state index contributed by atoms with van der Waals surface area (Å²) in [6.45, 7) is 0. The first kappa shape index (κ1) is 18.8. The summed E-state index contributed by atoms with van der Waals surface area (Å²) in [5.41, 5.74) is 2.39. The molecule has 0 unspecified atom stereocenters. The van der Waals surface area contributed by atoms with Gasteiger partial charge >= 0.3 is 6.03 Å². The molecular formula is C23H23N3O3. The van der Waals surface area contributed by atoms with Crippen LogP contribution in [0.4, 0.5) is 16.2 Å². The molecule has 1 aromatic heterocycles. The zero-order chi connectivity index (χ0) is 20.1. The van der Waals surface area contributed by atoms with Crippen LogP contribution in [0.15, 0.2) is 71.1 Å². The van der Waals surface area contributed by atoms with Gasteiger partial charge in [-0.05, 0) is 49.2 Å². The molecule has 3 amide bonds. The highest BCUT2D eigenvalue weighted by atomic mass is 16.3. The number of anilines is 2. The van der Waals surface area contributed by atoms with Crippen LogP contribution in [0.25, 0.3) is 11.3 Å². The maximum atomic E-state index is 12.2. The van der Waals surface area contributed by atoms with E-state index in [1.54, 1.807) is 24.3 Å². The van der Waals surface area contributed by atoms with E-state index in [-0.39, 0.29) is 11.9 Å². The van der Waals surface area contributed by atoms with Crippen LogP contribution in [0.2, 0.25) is 0 Å². The molecule has 0 bridgehead atoms. The van der Waals surface area contributed by atoms with E-state index in [1.165, 1.54) is 0 Å². The lowest BCUT2D eigenvalue weighted by Gasteiger charge is -2.08. The SMILES string of the molecule is O=C(CCc1ccc(-c2ccccc2)o1)Nc1ccc(NC(=O)NC2CC2)cc1. The van der Waals surface area contributed by atoms with Crippen LogP contribution in [-0.4, -0.2) is 18.0 Å². The molecule has 6 heteroatoms. The van der Waals surface area contributed by atoms with Crippen LogP contribution in [0.5, 0.6) is 0 Å². The van der Waals surface area contributed by atoms with Crippen molar-refractivity contribution >= 4 is 23.3 Å². The fraction of sp³-hybridized carbons (Fsp3) is 0.217. The second-order valence-electron chi connectivity index (χ2n) is 7.13. The molecule has 1 aliphatic carbocycles. The summed E-state index contributed by atoms with van der Waals surface area (Å²) in [5.74, 6) is 1.49. The number of aryl methyl sites for hydroxylation is 1. The van der Waals surface area contributed by atoms with E-state index in [4.69, 9.17) is 4.42 Å². The first-order valence-electron chi connectivity index (χ1n) is 9.77. The number of nitrogens with one attached hydrogen (secondary N) is 3. The smallest absolute Gasteiger partial charge is 0.319 e. The molecule has 0 aliphatic heterocycles. The highest BCUT2D eigenvalue weighted by molar-refractivity contribution is 5.92. The van der Waals surface area contributed by atoms with Gasteiger partial charge in [0.05, 0.1) is 0 Å². The highest BCUT2D eigenvalue weighted by Crippen LogP contribution is 2.23. The Morgan fingerprint density at radius 3 is 2.24 bits per heavy atom. The van der Waals surface area contributed by atoms with E-state index < -0.39 is 0 Å². The maximum Gasteiger partial charge on any atom is 0.319 e. The monoisotopic (exact) mass is 389 g/mol. The number of carbonyl (C=O) groups is 2. The van der Waals surface area contributed by atoms with Gasteiger partial charge in [0.15, 0.2) is 0 Å². The molecular weight excluding hydrogens is 366 g/mol. The van der Waals surface area contributed by atoms with Crippen molar-refractivity contribution in [2.75, 3.05) is 10.6 Å². The van der Waals surface area contributed by atoms with Gasteiger partial charge in [-0.3, -0.25) is 4.79 Å². The summed E-state index contributed by atoms with van der Waals surface area (Å²) in [6, 6.07) is 20.9. The van der Waals surface area contributed by atoms with Crippen molar-refractivity contribution in [1.29, 1.82) is 0 Å². The molecule has 0 saturated heterocycles. The lowest BCUT2D eigenvalue weighted by Crippen LogP contribution is -2.30. The van der Waals surface area contributed by atoms with Crippen LogP contribution < -0.4 is 16.0 Å². The normalized spacial score (nSPS) is 13.0. The van der Waals surface area contributed by atoms with Crippen molar-refractivity contribution in [3.63, 3.8) is 0 Å². The molecule has 4 rings (SSSR count). The van der Waals surface area contributed by atoms with Crippen LogP contribution in [-0.2, 0) is 11.2 Å². The first-order valence-corrected chi connectivity index (χ1v) is 9.77. The van der Waals surface area contributed by atoms with Gasteiger partial charge in [0.25, 0.3) is 0 Å².